The van der Waals surface area contributed by atoms with Gasteiger partial charge in [-0.1, -0.05) is 24.4 Å². The number of benzene rings is 1. The second-order valence-corrected chi connectivity index (χ2v) is 4.38. The molecule has 1 unspecified atom stereocenters. The van der Waals surface area contributed by atoms with Crippen molar-refractivity contribution in [3.8, 4) is 0 Å². The highest BCUT2D eigenvalue weighted by atomic mass is 32.1. The van der Waals surface area contributed by atoms with Gasteiger partial charge in [-0.3, -0.25) is 0 Å². The molecule has 1 aromatic heterocycles. The molecular weight excluding hydrogens is 236 g/mol. The van der Waals surface area contributed by atoms with Gasteiger partial charge in [0.25, 0.3) is 0 Å². The number of aliphatic hydroxyl groups excluding tert-OH is 2. The van der Waals surface area contributed by atoms with Crippen molar-refractivity contribution in [2.75, 3.05) is 6.61 Å². The summed E-state index contributed by atoms with van der Waals surface area (Å²) < 4.78 is 1.87. The Kier molecular flexibility index (Phi) is 3.42. The molecule has 0 spiro atoms. The molecule has 1 heterocycles. The number of rotatable bonds is 4. The minimum absolute atomic E-state index is 0.255. The average molecular weight is 250 g/mol. The van der Waals surface area contributed by atoms with Gasteiger partial charge >= 0.3 is 0 Å². The highest BCUT2D eigenvalue weighted by Crippen LogP contribution is 2.18. The summed E-state index contributed by atoms with van der Waals surface area (Å²) in [6, 6.07) is 7.65. The molecule has 0 saturated heterocycles. The van der Waals surface area contributed by atoms with E-state index in [-0.39, 0.29) is 6.61 Å². The molecule has 0 radical (unpaired) electrons. The molecule has 4 N–H and O–H groups in total. The van der Waals surface area contributed by atoms with Crippen molar-refractivity contribution in [1.82, 2.24) is 4.57 Å². The van der Waals surface area contributed by atoms with Crippen LogP contribution in [0.5, 0.6) is 0 Å². The van der Waals surface area contributed by atoms with Gasteiger partial charge in [-0.2, -0.15) is 0 Å². The zero-order chi connectivity index (χ0) is 12.4. The van der Waals surface area contributed by atoms with Crippen LogP contribution in [0.25, 0.3) is 10.9 Å². The second kappa shape index (κ2) is 4.83. The number of aromatic nitrogens is 1. The maximum absolute atomic E-state index is 9.45. The Labute approximate surface area is 104 Å². The van der Waals surface area contributed by atoms with Crippen LogP contribution in [0.1, 0.15) is 5.56 Å². The minimum atomic E-state index is -0.765. The lowest BCUT2D eigenvalue weighted by Crippen LogP contribution is -2.19. The SMILES string of the molecule is NC(=S)c1ccc2ccn(CC(O)CO)c2c1. The Bertz CT molecular complexity index is 550. The summed E-state index contributed by atoms with van der Waals surface area (Å²) in [7, 11) is 0. The standard InChI is InChI=1S/C12H14N2O2S/c13-12(17)9-2-1-8-3-4-14(11(8)5-9)6-10(16)7-15/h1-5,10,15-16H,6-7H2,(H2,13,17). The van der Waals surface area contributed by atoms with Crippen molar-refractivity contribution >= 4 is 28.1 Å². The average Bonchev–Trinajstić information content (AvgIpc) is 2.71. The number of nitrogens with zero attached hydrogens (tertiary/aromatic N) is 1. The van der Waals surface area contributed by atoms with Crippen LogP contribution in [0.4, 0.5) is 0 Å². The molecule has 0 fully saturated rings. The highest BCUT2D eigenvalue weighted by Gasteiger charge is 2.07. The number of hydrogen-bond acceptors (Lipinski definition) is 3. The molecule has 5 heteroatoms. The third-order valence-electron chi connectivity index (χ3n) is 2.68. The largest absolute Gasteiger partial charge is 0.394 e. The van der Waals surface area contributed by atoms with Crippen LogP contribution in [0.3, 0.4) is 0 Å². The Morgan fingerprint density at radius 3 is 2.82 bits per heavy atom. The fourth-order valence-electron chi connectivity index (χ4n) is 1.78. The van der Waals surface area contributed by atoms with Gasteiger partial charge in [0.05, 0.1) is 19.3 Å². The first-order valence-corrected chi connectivity index (χ1v) is 5.70. The summed E-state index contributed by atoms with van der Waals surface area (Å²) in [6.07, 6.45) is 1.10. The lowest BCUT2D eigenvalue weighted by Gasteiger charge is -2.10. The van der Waals surface area contributed by atoms with E-state index in [0.29, 0.717) is 11.5 Å². The first-order valence-electron chi connectivity index (χ1n) is 5.29. The molecule has 17 heavy (non-hydrogen) atoms. The predicted octanol–water partition coefficient (Wildman–Crippen LogP) is 0.629. The highest BCUT2D eigenvalue weighted by molar-refractivity contribution is 7.80. The number of fused-ring (bicyclic) bond motifs is 1. The minimum Gasteiger partial charge on any atom is -0.394 e. The summed E-state index contributed by atoms with van der Waals surface area (Å²) in [5.74, 6) is 0. The van der Waals surface area contributed by atoms with Crippen LogP contribution in [0.2, 0.25) is 0 Å². The number of nitrogens with two attached hydrogens (primary N) is 1. The van der Waals surface area contributed by atoms with E-state index in [0.717, 1.165) is 16.5 Å². The van der Waals surface area contributed by atoms with E-state index in [4.69, 9.17) is 23.1 Å². The molecule has 0 aliphatic carbocycles. The molecule has 4 nitrogen and oxygen atoms in total. The molecule has 0 aliphatic rings. The third kappa shape index (κ3) is 2.46. The van der Waals surface area contributed by atoms with E-state index in [1.165, 1.54) is 0 Å². The van der Waals surface area contributed by atoms with Gasteiger partial charge < -0.3 is 20.5 Å². The van der Waals surface area contributed by atoms with Gasteiger partial charge in [-0.05, 0) is 17.5 Å². The third-order valence-corrected chi connectivity index (χ3v) is 2.91. The van der Waals surface area contributed by atoms with Crippen molar-refractivity contribution in [3.05, 3.63) is 36.0 Å². The molecule has 0 bridgehead atoms. The van der Waals surface area contributed by atoms with Crippen LogP contribution < -0.4 is 5.73 Å². The van der Waals surface area contributed by atoms with Crippen molar-refractivity contribution < 1.29 is 10.2 Å². The fraction of sp³-hybridized carbons (Fsp3) is 0.250. The smallest absolute Gasteiger partial charge is 0.104 e. The molecular formula is C12H14N2O2S. The number of thiocarbonyl (C=S) groups is 1. The number of hydrogen-bond donors (Lipinski definition) is 3. The van der Waals surface area contributed by atoms with E-state index < -0.39 is 6.10 Å². The maximum atomic E-state index is 9.45. The summed E-state index contributed by atoms with van der Waals surface area (Å²) >= 11 is 4.93. The summed E-state index contributed by atoms with van der Waals surface area (Å²) in [5.41, 5.74) is 7.33. The zero-order valence-electron chi connectivity index (χ0n) is 9.21. The van der Waals surface area contributed by atoms with Crippen LogP contribution in [-0.4, -0.2) is 32.5 Å². The quantitative estimate of drug-likeness (QED) is 0.696. The molecule has 0 saturated carbocycles. The number of aliphatic hydroxyl groups is 2. The van der Waals surface area contributed by atoms with Crippen LogP contribution in [0.15, 0.2) is 30.5 Å². The Morgan fingerprint density at radius 1 is 1.41 bits per heavy atom. The second-order valence-electron chi connectivity index (χ2n) is 3.94. The van der Waals surface area contributed by atoms with Gasteiger partial charge in [0.1, 0.15) is 4.99 Å². The van der Waals surface area contributed by atoms with Crippen molar-refractivity contribution in [3.63, 3.8) is 0 Å². The van der Waals surface area contributed by atoms with Crippen LogP contribution in [0, 0.1) is 0 Å². The maximum Gasteiger partial charge on any atom is 0.104 e. The van der Waals surface area contributed by atoms with Gasteiger partial charge in [0.2, 0.25) is 0 Å². The van der Waals surface area contributed by atoms with Crippen LogP contribution in [-0.2, 0) is 6.54 Å². The molecule has 2 rings (SSSR count). The summed E-state index contributed by atoms with van der Waals surface area (Å²) in [6.45, 7) is 0.0927. The molecule has 0 aliphatic heterocycles. The fourth-order valence-corrected chi connectivity index (χ4v) is 1.91. The lowest BCUT2D eigenvalue weighted by molar-refractivity contribution is 0.0822. The first-order chi connectivity index (χ1) is 8.11. The normalized spacial score (nSPS) is 12.8. The first kappa shape index (κ1) is 12.0. The lowest BCUT2D eigenvalue weighted by atomic mass is 10.1. The Hall–Kier alpha value is -1.43. The van der Waals surface area contributed by atoms with Gasteiger partial charge in [0, 0.05) is 17.3 Å². The molecule has 1 atom stereocenters. The van der Waals surface area contributed by atoms with Gasteiger partial charge in [-0.25, -0.2) is 0 Å². The monoisotopic (exact) mass is 250 g/mol. The van der Waals surface area contributed by atoms with E-state index >= 15 is 0 Å². The topological polar surface area (TPSA) is 71.4 Å². The molecule has 1 aromatic carbocycles. The van der Waals surface area contributed by atoms with Crippen molar-refractivity contribution in [2.45, 2.75) is 12.6 Å². The van der Waals surface area contributed by atoms with E-state index in [1.807, 2.05) is 35.0 Å². The molecule has 90 valence electrons. The van der Waals surface area contributed by atoms with Crippen molar-refractivity contribution in [2.24, 2.45) is 5.73 Å². The van der Waals surface area contributed by atoms with E-state index in [9.17, 15) is 5.11 Å². The Morgan fingerprint density at radius 2 is 2.18 bits per heavy atom. The van der Waals surface area contributed by atoms with E-state index in [1.54, 1.807) is 0 Å². The van der Waals surface area contributed by atoms with Gasteiger partial charge in [-0.15, -0.1) is 0 Å². The summed E-state index contributed by atoms with van der Waals surface area (Å²) in [4.78, 5) is 0.349. The summed E-state index contributed by atoms with van der Waals surface area (Å²) in [5, 5.41) is 19.3. The zero-order valence-corrected chi connectivity index (χ0v) is 10.0. The molecule has 2 aromatic rings. The van der Waals surface area contributed by atoms with Crippen molar-refractivity contribution in [1.29, 1.82) is 0 Å². The molecule has 0 amide bonds. The Balaban J connectivity index is 2.43. The predicted molar refractivity (Wildman–Crippen MR) is 70.9 cm³/mol. The van der Waals surface area contributed by atoms with E-state index in [2.05, 4.69) is 0 Å². The van der Waals surface area contributed by atoms with Crippen LogP contribution >= 0.6 is 12.2 Å². The van der Waals surface area contributed by atoms with Gasteiger partial charge in [0.15, 0.2) is 0 Å².